The predicted molar refractivity (Wildman–Crippen MR) is 130 cm³/mol. The zero-order chi connectivity index (χ0) is 24.2. The summed E-state index contributed by atoms with van der Waals surface area (Å²) in [7, 11) is 3.99. The van der Waals surface area contributed by atoms with Crippen LogP contribution in [0.1, 0.15) is 15.9 Å². The van der Waals surface area contributed by atoms with Crippen molar-refractivity contribution >= 4 is 5.97 Å². The van der Waals surface area contributed by atoms with Crippen LogP contribution in [0.25, 0.3) is 33.9 Å². The van der Waals surface area contributed by atoms with Gasteiger partial charge in [-0.25, -0.2) is 14.8 Å². The Morgan fingerprint density at radius 3 is 2.47 bits per heavy atom. The number of rotatable bonds is 8. The average molecular weight is 459 g/mol. The number of ether oxygens (including phenoxy) is 1. The van der Waals surface area contributed by atoms with Crippen molar-refractivity contribution in [2.75, 3.05) is 27.2 Å². The van der Waals surface area contributed by atoms with E-state index in [0.717, 1.165) is 23.4 Å². The molecule has 0 unspecified atom stereocenters. The highest BCUT2D eigenvalue weighted by Gasteiger charge is 2.18. The second kappa shape index (κ2) is 9.76. The molecular formula is C26H26N4O4. The summed E-state index contributed by atoms with van der Waals surface area (Å²) >= 11 is 0. The number of likely N-dealkylation sites (N-methyl/N-ethyl adjacent to an activating group) is 1. The molecule has 0 saturated carbocycles. The first-order valence-electron chi connectivity index (χ1n) is 10.8. The molecule has 2 aromatic carbocycles. The Balaban J connectivity index is 1.75. The Labute approximate surface area is 197 Å². The van der Waals surface area contributed by atoms with E-state index in [9.17, 15) is 15.0 Å². The smallest absolute Gasteiger partial charge is 0.335 e. The van der Waals surface area contributed by atoms with Crippen molar-refractivity contribution in [2.24, 2.45) is 0 Å². The molecule has 34 heavy (non-hydrogen) atoms. The van der Waals surface area contributed by atoms with E-state index in [-0.39, 0.29) is 11.4 Å². The molecule has 0 atom stereocenters. The minimum atomic E-state index is -1.01. The molecule has 0 amide bonds. The lowest BCUT2D eigenvalue weighted by atomic mass is 10.0. The van der Waals surface area contributed by atoms with Gasteiger partial charge >= 0.3 is 5.97 Å². The maximum absolute atomic E-state index is 11.6. The van der Waals surface area contributed by atoms with Crippen LogP contribution in [0.15, 0.2) is 60.8 Å². The lowest BCUT2D eigenvalue weighted by Crippen LogP contribution is -2.19. The van der Waals surface area contributed by atoms with Gasteiger partial charge in [-0.3, -0.25) is 0 Å². The van der Waals surface area contributed by atoms with Gasteiger partial charge in [0.25, 0.3) is 0 Å². The number of carbonyl (C=O) groups is 1. The van der Waals surface area contributed by atoms with Crippen LogP contribution in [0.5, 0.6) is 11.6 Å². The molecule has 0 aliphatic heterocycles. The molecule has 0 bridgehead atoms. The van der Waals surface area contributed by atoms with Crippen molar-refractivity contribution in [3.63, 3.8) is 0 Å². The first kappa shape index (κ1) is 23.0. The summed E-state index contributed by atoms with van der Waals surface area (Å²) in [5, 5.41) is 19.4. The summed E-state index contributed by atoms with van der Waals surface area (Å²) < 4.78 is 5.77. The molecule has 8 nitrogen and oxygen atoms in total. The summed E-state index contributed by atoms with van der Waals surface area (Å²) in [6.45, 7) is 3.25. The van der Waals surface area contributed by atoms with E-state index in [1.807, 2.05) is 51.4 Å². The van der Waals surface area contributed by atoms with Crippen molar-refractivity contribution in [3.8, 4) is 45.5 Å². The molecule has 4 rings (SSSR count). The standard InChI is InChI=1S/C26H26N4O4/c1-16-12-19(14-20(13-16)26(32)33)24-23(18-8-9-27-22(31)15-18)28-25(29-24)17-4-6-21(7-5-17)34-11-10-30(2)3/h4-9,12-15H,10-11H2,1-3H3,(H,27,31)(H,28,29)(H,32,33). The number of aromatic nitrogens is 3. The molecule has 0 spiro atoms. The van der Waals surface area contributed by atoms with Crippen LogP contribution in [0.2, 0.25) is 0 Å². The number of nitrogens with one attached hydrogen (secondary N) is 1. The summed E-state index contributed by atoms with van der Waals surface area (Å²) in [6.07, 6.45) is 1.51. The SMILES string of the molecule is Cc1cc(C(=O)O)cc(-c2nc(-c3ccc(OCCN(C)C)cc3)[nH]c2-c2ccnc(O)c2)c1. The lowest BCUT2D eigenvalue weighted by molar-refractivity contribution is 0.0697. The number of H-pyrrole nitrogens is 1. The fourth-order valence-electron chi connectivity index (χ4n) is 3.60. The first-order valence-corrected chi connectivity index (χ1v) is 10.8. The number of aromatic amines is 1. The van der Waals surface area contributed by atoms with Gasteiger partial charge in [0, 0.05) is 35.5 Å². The Hall–Kier alpha value is -4.17. The minimum Gasteiger partial charge on any atom is -0.493 e. The second-order valence-electron chi connectivity index (χ2n) is 8.28. The number of hydrogen-bond donors (Lipinski definition) is 3. The molecule has 2 heterocycles. The molecular weight excluding hydrogens is 432 g/mol. The number of benzene rings is 2. The van der Waals surface area contributed by atoms with Crippen molar-refractivity contribution in [2.45, 2.75) is 6.92 Å². The van der Waals surface area contributed by atoms with E-state index < -0.39 is 5.97 Å². The molecule has 3 N–H and O–H groups in total. The van der Waals surface area contributed by atoms with Gasteiger partial charge < -0.3 is 24.8 Å². The van der Waals surface area contributed by atoms with Crippen molar-refractivity contribution < 1.29 is 19.7 Å². The van der Waals surface area contributed by atoms with Gasteiger partial charge in [0.05, 0.1) is 17.0 Å². The van der Waals surface area contributed by atoms with Gasteiger partial charge in [-0.05, 0) is 75.1 Å². The number of imidazole rings is 1. The van der Waals surface area contributed by atoms with E-state index in [1.54, 1.807) is 18.2 Å². The minimum absolute atomic E-state index is 0.116. The van der Waals surface area contributed by atoms with E-state index in [4.69, 9.17) is 9.72 Å². The van der Waals surface area contributed by atoms with Crippen molar-refractivity contribution in [1.82, 2.24) is 19.9 Å². The number of carboxylic acids is 1. The van der Waals surface area contributed by atoms with Crippen LogP contribution in [0.4, 0.5) is 0 Å². The third kappa shape index (κ3) is 5.24. The molecule has 0 aliphatic carbocycles. The average Bonchev–Trinajstić information content (AvgIpc) is 3.24. The number of nitrogens with zero attached hydrogens (tertiary/aromatic N) is 3. The summed E-state index contributed by atoms with van der Waals surface area (Å²) in [4.78, 5) is 25.7. The third-order valence-corrected chi connectivity index (χ3v) is 5.27. The van der Waals surface area contributed by atoms with Crippen molar-refractivity contribution in [1.29, 1.82) is 0 Å². The maximum atomic E-state index is 11.6. The van der Waals surface area contributed by atoms with Crippen LogP contribution in [0.3, 0.4) is 0 Å². The molecule has 0 saturated heterocycles. The molecule has 0 fully saturated rings. The fourth-order valence-corrected chi connectivity index (χ4v) is 3.60. The van der Waals surface area contributed by atoms with Crippen molar-refractivity contribution in [3.05, 3.63) is 71.9 Å². The van der Waals surface area contributed by atoms with Gasteiger partial charge in [0.1, 0.15) is 18.2 Å². The molecule has 0 aliphatic rings. The first-order chi connectivity index (χ1) is 16.3. The van der Waals surface area contributed by atoms with Crippen LogP contribution in [-0.2, 0) is 0 Å². The predicted octanol–water partition coefficient (Wildman–Crippen LogP) is 4.46. The number of aromatic carboxylic acids is 1. The van der Waals surface area contributed by atoms with E-state index in [0.29, 0.717) is 34.9 Å². The number of carboxylic acid groups (broad SMARTS) is 1. The van der Waals surface area contributed by atoms with E-state index in [2.05, 4.69) is 14.9 Å². The molecule has 8 heteroatoms. The summed E-state index contributed by atoms with van der Waals surface area (Å²) in [5.41, 5.74) is 4.42. The molecule has 2 aromatic heterocycles. The molecule has 4 aromatic rings. The van der Waals surface area contributed by atoms with Gasteiger partial charge in [0.2, 0.25) is 5.88 Å². The Morgan fingerprint density at radius 1 is 1.03 bits per heavy atom. The summed E-state index contributed by atoms with van der Waals surface area (Å²) in [5.74, 6) is 0.254. The molecule has 0 radical (unpaired) electrons. The number of aryl methyl sites for hydroxylation is 1. The van der Waals surface area contributed by atoms with Gasteiger partial charge in [-0.15, -0.1) is 0 Å². The number of hydrogen-bond acceptors (Lipinski definition) is 6. The van der Waals surface area contributed by atoms with Crippen LogP contribution in [0, 0.1) is 6.92 Å². The highest BCUT2D eigenvalue weighted by molar-refractivity contribution is 5.91. The zero-order valence-corrected chi connectivity index (χ0v) is 19.2. The number of pyridine rings is 1. The quantitative estimate of drug-likeness (QED) is 0.357. The summed E-state index contributed by atoms with van der Waals surface area (Å²) in [6, 6.07) is 16.0. The zero-order valence-electron chi connectivity index (χ0n) is 19.2. The Morgan fingerprint density at radius 2 is 1.79 bits per heavy atom. The topological polar surface area (TPSA) is 112 Å². The normalized spacial score (nSPS) is 11.1. The third-order valence-electron chi connectivity index (χ3n) is 5.27. The monoisotopic (exact) mass is 458 g/mol. The fraction of sp³-hybridized carbons (Fsp3) is 0.192. The van der Waals surface area contributed by atoms with E-state index >= 15 is 0 Å². The van der Waals surface area contributed by atoms with Gasteiger partial charge in [0.15, 0.2) is 0 Å². The van der Waals surface area contributed by atoms with Gasteiger partial charge in [-0.1, -0.05) is 0 Å². The largest absolute Gasteiger partial charge is 0.493 e. The van der Waals surface area contributed by atoms with E-state index in [1.165, 1.54) is 12.3 Å². The Bertz CT molecular complexity index is 1310. The van der Waals surface area contributed by atoms with Gasteiger partial charge in [-0.2, -0.15) is 0 Å². The highest BCUT2D eigenvalue weighted by Crippen LogP contribution is 2.35. The number of aromatic hydroxyl groups is 1. The van der Waals surface area contributed by atoms with Crippen LogP contribution >= 0.6 is 0 Å². The molecule has 174 valence electrons. The maximum Gasteiger partial charge on any atom is 0.335 e. The second-order valence-corrected chi connectivity index (χ2v) is 8.28. The van der Waals surface area contributed by atoms with Crippen LogP contribution in [-0.4, -0.2) is 63.3 Å². The lowest BCUT2D eigenvalue weighted by Gasteiger charge is -2.11. The highest BCUT2D eigenvalue weighted by atomic mass is 16.5. The van der Waals surface area contributed by atoms with Crippen LogP contribution < -0.4 is 4.74 Å². The Kier molecular flexibility index (Phi) is 6.60.